The van der Waals surface area contributed by atoms with Crippen molar-refractivity contribution in [1.82, 2.24) is 9.80 Å². The molecule has 0 saturated heterocycles. The van der Waals surface area contributed by atoms with Crippen molar-refractivity contribution < 1.29 is 9.18 Å². The van der Waals surface area contributed by atoms with Gasteiger partial charge in [0.15, 0.2) is 0 Å². The van der Waals surface area contributed by atoms with Gasteiger partial charge < -0.3 is 10.6 Å². The second kappa shape index (κ2) is 8.10. The van der Waals surface area contributed by atoms with E-state index in [-0.39, 0.29) is 30.4 Å². The van der Waals surface area contributed by atoms with Gasteiger partial charge in [-0.2, -0.15) is 0 Å². The molecular weight excluding hydrogens is 269 g/mol. The van der Waals surface area contributed by atoms with Crippen LogP contribution >= 0.6 is 0 Å². The van der Waals surface area contributed by atoms with Gasteiger partial charge in [0.1, 0.15) is 5.82 Å². The van der Waals surface area contributed by atoms with Crippen LogP contribution in [-0.2, 0) is 4.79 Å². The summed E-state index contributed by atoms with van der Waals surface area (Å²) >= 11 is 0. The lowest BCUT2D eigenvalue weighted by atomic mass is 9.96. The summed E-state index contributed by atoms with van der Waals surface area (Å²) in [6.45, 7) is 4.93. The molecule has 0 aromatic heterocycles. The third-order valence-electron chi connectivity index (χ3n) is 3.70. The minimum absolute atomic E-state index is 0.0153. The molecule has 1 aromatic rings. The largest absolute Gasteiger partial charge is 0.348 e. The third-order valence-corrected chi connectivity index (χ3v) is 3.70. The fourth-order valence-electron chi connectivity index (χ4n) is 2.36. The van der Waals surface area contributed by atoms with E-state index in [2.05, 4.69) is 0 Å². The Morgan fingerprint density at radius 1 is 1.33 bits per heavy atom. The summed E-state index contributed by atoms with van der Waals surface area (Å²) in [6.07, 6.45) is 0.758. The molecule has 4 nitrogen and oxygen atoms in total. The van der Waals surface area contributed by atoms with E-state index in [9.17, 15) is 9.18 Å². The van der Waals surface area contributed by atoms with Gasteiger partial charge in [-0.05, 0) is 30.7 Å². The Kier molecular flexibility index (Phi) is 6.78. The predicted molar refractivity (Wildman–Crippen MR) is 83.3 cm³/mol. The molecule has 0 aliphatic rings. The monoisotopic (exact) mass is 295 g/mol. The third kappa shape index (κ3) is 4.79. The molecule has 5 heteroatoms. The van der Waals surface area contributed by atoms with E-state index >= 15 is 0 Å². The van der Waals surface area contributed by atoms with Gasteiger partial charge >= 0.3 is 0 Å². The molecule has 118 valence electrons. The van der Waals surface area contributed by atoms with Crippen molar-refractivity contribution in [1.29, 1.82) is 0 Å². The molecule has 0 radical (unpaired) electrons. The van der Waals surface area contributed by atoms with Gasteiger partial charge in [0.2, 0.25) is 5.91 Å². The average molecular weight is 295 g/mol. The summed E-state index contributed by atoms with van der Waals surface area (Å²) in [7, 11) is 3.46. The number of hydrogen-bond donors (Lipinski definition) is 1. The van der Waals surface area contributed by atoms with E-state index in [0.29, 0.717) is 6.54 Å². The predicted octanol–water partition coefficient (Wildman–Crippen LogP) is 2.01. The summed E-state index contributed by atoms with van der Waals surface area (Å²) in [5.41, 5.74) is 7.06. The van der Waals surface area contributed by atoms with Crippen LogP contribution < -0.4 is 5.73 Å². The number of carbonyl (C=O) groups is 1. The van der Waals surface area contributed by atoms with Gasteiger partial charge in [0, 0.05) is 20.1 Å². The zero-order chi connectivity index (χ0) is 16.0. The standard InChI is InChI=1S/C16H26FN3O/c1-5-14(18)16(12-8-7-9-13(17)10-12)20(6-2)11-15(21)19(3)4/h7-10,14,16H,5-6,11,18H2,1-4H3. The second-order valence-electron chi connectivity index (χ2n) is 5.42. The molecule has 2 unspecified atom stereocenters. The maximum atomic E-state index is 13.5. The zero-order valence-corrected chi connectivity index (χ0v) is 13.3. The summed E-state index contributed by atoms with van der Waals surface area (Å²) in [5, 5.41) is 0. The Bertz CT molecular complexity index is 465. The Morgan fingerprint density at radius 2 is 2.00 bits per heavy atom. The molecule has 0 aliphatic heterocycles. The fourth-order valence-corrected chi connectivity index (χ4v) is 2.36. The Labute approximate surface area is 126 Å². The molecule has 0 fully saturated rings. The van der Waals surface area contributed by atoms with Crippen LogP contribution in [0, 0.1) is 5.82 Å². The lowest BCUT2D eigenvalue weighted by molar-refractivity contribution is -0.130. The molecular formula is C16H26FN3O. The minimum atomic E-state index is -0.282. The normalized spacial score (nSPS) is 14.0. The molecule has 0 aliphatic carbocycles. The maximum absolute atomic E-state index is 13.5. The van der Waals surface area contributed by atoms with Gasteiger partial charge in [-0.3, -0.25) is 9.69 Å². The number of benzene rings is 1. The summed E-state index contributed by atoms with van der Waals surface area (Å²) in [6, 6.07) is 6.15. The van der Waals surface area contributed by atoms with Gasteiger partial charge in [-0.25, -0.2) is 4.39 Å². The number of amides is 1. The molecule has 2 N–H and O–H groups in total. The average Bonchev–Trinajstić information content (AvgIpc) is 2.45. The SMILES string of the molecule is CCC(N)C(c1cccc(F)c1)N(CC)CC(=O)N(C)C. The number of hydrogen-bond acceptors (Lipinski definition) is 3. The fraction of sp³-hybridized carbons (Fsp3) is 0.562. The zero-order valence-electron chi connectivity index (χ0n) is 13.3. The smallest absolute Gasteiger partial charge is 0.236 e. The summed E-state index contributed by atoms with van der Waals surface area (Å²) in [4.78, 5) is 15.6. The highest BCUT2D eigenvalue weighted by Gasteiger charge is 2.27. The van der Waals surface area contributed by atoms with E-state index in [4.69, 9.17) is 5.73 Å². The number of halogens is 1. The van der Waals surface area contributed by atoms with Crippen LogP contribution in [0.2, 0.25) is 0 Å². The molecule has 1 aromatic carbocycles. The second-order valence-corrected chi connectivity index (χ2v) is 5.42. The van der Waals surface area contributed by atoms with E-state index < -0.39 is 0 Å². The van der Waals surface area contributed by atoms with E-state index in [1.54, 1.807) is 25.1 Å². The van der Waals surface area contributed by atoms with Crippen LogP contribution in [0.15, 0.2) is 24.3 Å². The molecule has 1 amide bonds. The molecule has 0 heterocycles. The van der Waals surface area contributed by atoms with E-state index in [1.165, 1.54) is 12.1 Å². The lowest BCUT2D eigenvalue weighted by Gasteiger charge is -2.35. The van der Waals surface area contributed by atoms with Gasteiger partial charge in [-0.15, -0.1) is 0 Å². The number of rotatable bonds is 7. The van der Waals surface area contributed by atoms with Gasteiger partial charge in [0.25, 0.3) is 0 Å². The highest BCUT2D eigenvalue weighted by Crippen LogP contribution is 2.25. The first-order chi connectivity index (χ1) is 9.90. The van der Waals surface area contributed by atoms with E-state index in [0.717, 1.165) is 12.0 Å². The first kappa shape index (κ1) is 17.6. The molecule has 0 bridgehead atoms. The minimum Gasteiger partial charge on any atom is -0.348 e. The van der Waals surface area contributed by atoms with Crippen LogP contribution in [0.25, 0.3) is 0 Å². The Hall–Kier alpha value is -1.46. The molecule has 21 heavy (non-hydrogen) atoms. The number of likely N-dealkylation sites (N-methyl/N-ethyl adjacent to an activating group) is 2. The van der Waals surface area contributed by atoms with Crippen LogP contribution in [0.3, 0.4) is 0 Å². The van der Waals surface area contributed by atoms with Gasteiger partial charge in [0.05, 0.1) is 12.6 Å². The summed E-state index contributed by atoms with van der Waals surface area (Å²) in [5.74, 6) is -0.266. The molecule has 0 saturated carbocycles. The number of nitrogens with two attached hydrogens (primary N) is 1. The van der Waals surface area contributed by atoms with Crippen molar-refractivity contribution in [3.05, 3.63) is 35.6 Å². The highest BCUT2D eigenvalue weighted by molar-refractivity contribution is 5.77. The van der Waals surface area contributed by atoms with E-state index in [1.807, 2.05) is 24.8 Å². The van der Waals surface area contributed by atoms with Crippen molar-refractivity contribution in [2.45, 2.75) is 32.4 Å². The van der Waals surface area contributed by atoms with Crippen molar-refractivity contribution in [2.75, 3.05) is 27.2 Å². The molecule has 1 rings (SSSR count). The Balaban J connectivity index is 3.07. The lowest BCUT2D eigenvalue weighted by Crippen LogP contribution is -2.45. The Morgan fingerprint density at radius 3 is 2.48 bits per heavy atom. The first-order valence-electron chi connectivity index (χ1n) is 7.35. The van der Waals surface area contributed by atoms with Crippen molar-refractivity contribution >= 4 is 5.91 Å². The van der Waals surface area contributed by atoms with Crippen LogP contribution in [0.5, 0.6) is 0 Å². The molecule has 0 spiro atoms. The van der Waals surface area contributed by atoms with Crippen molar-refractivity contribution in [3.8, 4) is 0 Å². The van der Waals surface area contributed by atoms with Gasteiger partial charge in [-0.1, -0.05) is 26.0 Å². The topological polar surface area (TPSA) is 49.6 Å². The quantitative estimate of drug-likeness (QED) is 0.837. The maximum Gasteiger partial charge on any atom is 0.236 e. The van der Waals surface area contributed by atoms with Crippen LogP contribution in [0.4, 0.5) is 4.39 Å². The molecule has 2 atom stereocenters. The van der Waals surface area contributed by atoms with Crippen molar-refractivity contribution in [2.24, 2.45) is 5.73 Å². The van der Waals surface area contributed by atoms with Crippen LogP contribution in [0.1, 0.15) is 31.9 Å². The highest BCUT2D eigenvalue weighted by atomic mass is 19.1. The van der Waals surface area contributed by atoms with Crippen molar-refractivity contribution in [3.63, 3.8) is 0 Å². The van der Waals surface area contributed by atoms with Crippen LogP contribution in [-0.4, -0.2) is 48.9 Å². The first-order valence-corrected chi connectivity index (χ1v) is 7.35. The number of carbonyl (C=O) groups excluding carboxylic acids is 1. The summed E-state index contributed by atoms with van der Waals surface area (Å²) < 4.78 is 13.5. The number of nitrogens with zero attached hydrogens (tertiary/aromatic N) is 2.